The Morgan fingerprint density at radius 2 is 1.82 bits per heavy atom. The topological polar surface area (TPSA) is 273 Å². The maximum atomic E-state index is 12.0. The Bertz CT molecular complexity index is 1260. The van der Waals surface area contributed by atoms with Gasteiger partial charge in [-0.15, -0.1) is 0 Å². The minimum atomic E-state index is -5.74. The van der Waals surface area contributed by atoms with E-state index in [9.17, 15) is 38.5 Å². The molecule has 0 spiro atoms. The predicted octanol–water partition coefficient (Wildman–Crippen LogP) is -1.22. The third-order valence-electron chi connectivity index (χ3n) is 4.39. The van der Waals surface area contributed by atoms with Crippen molar-refractivity contribution in [3.8, 4) is 0 Å². The van der Waals surface area contributed by atoms with E-state index < -0.39 is 59.7 Å². The number of aliphatic hydroxyl groups excluding tert-OH is 2. The Labute approximate surface area is 183 Å². The van der Waals surface area contributed by atoms with Crippen LogP contribution in [0.15, 0.2) is 11.1 Å². The summed E-state index contributed by atoms with van der Waals surface area (Å²) in [5.41, 5.74) is -2.58. The van der Waals surface area contributed by atoms with Gasteiger partial charge in [-0.05, 0) is 13.8 Å². The lowest BCUT2D eigenvalue weighted by atomic mass is 9.99. The highest BCUT2D eigenvalue weighted by Gasteiger charge is 2.54. The number of nitrogens with zero attached hydrogens (tertiary/aromatic N) is 3. The van der Waals surface area contributed by atoms with Crippen molar-refractivity contribution in [2.75, 3.05) is 6.61 Å². The minimum Gasteiger partial charge on any atom is -0.387 e. The zero-order chi connectivity index (χ0) is 25.0. The number of aliphatic hydroxyl groups is 2. The van der Waals surface area contributed by atoms with Gasteiger partial charge < -0.3 is 39.5 Å². The van der Waals surface area contributed by atoms with Crippen molar-refractivity contribution in [3.05, 3.63) is 22.5 Å². The summed E-state index contributed by atoms with van der Waals surface area (Å²) in [7, 11) is -16.8. The molecule has 0 aromatic carbocycles. The summed E-state index contributed by atoms with van der Waals surface area (Å²) >= 11 is 0. The Morgan fingerprint density at radius 1 is 1.18 bits per heavy atom. The third kappa shape index (κ3) is 5.83. The molecule has 33 heavy (non-hydrogen) atoms. The highest BCUT2D eigenvalue weighted by molar-refractivity contribution is 7.66. The molecule has 7 N–H and O–H groups in total. The lowest BCUT2D eigenvalue weighted by Crippen LogP contribution is -2.44. The summed E-state index contributed by atoms with van der Waals surface area (Å²) < 4.78 is 52.5. The van der Waals surface area contributed by atoms with E-state index >= 15 is 0 Å². The molecular formula is C12H19N4O14P3. The van der Waals surface area contributed by atoms with Gasteiger partial charge in [0.1, 0.15) is 23.6 Å². The van der Waals surface area contributed by atoms with E-state index in [4.69, 9.17) is 14.5 Å². The van der Waals surface area contributed by atoms with Crippen LogP contribution in [0.25, 0.3) is 11.2 Å². The van der Waals surface area contributed by atoms with Gasteiger partial charge in [0.25, 0.3) is 5.56 Å². The van der Waals surface area contributed by atoms with Gasteiger partial charge in [0, 0.05) is 0 Å². The summed E-state index contributed by atoms with van der Waals surface area (Å²) in [6.07, 6.45) is -3.73. The van der Waals surface area contributed by atoms with E-state index in [-0.39, 0.29) is 17.0 Å². The summed E-state index contributed by atoms with van der Waals surface area (Å²) in [6, 6.07) is 0. The molecule has 2 unspecified atom stereocenters. The summed E-state index contributed by atoms with van der Waals surface area (Å²) in [5, 5.41) is 20.9. The summed E-state index contributed by atoms with van der Waals surface area (Å²) in [5.74, 6) is 0.220. The van der Waals surface area contributed by atoms with Crippen LogP contribution in [0.3, 0.4) is 0 Å². The number of hydrogen-bond acceptors (Lipinski definition) is 12. The first-order chi connectivity index (χ1) is 14.9. The van der Waals surface area contributed by atoms with Gasteiger partial charge in [-0.1, -0.05) is 0 Å². The molecule has 2 aromatic heterocycles. The normalized spacial score (nSPS) is 29.8. The first-order valence-electron chi connectivity index (χ1n) is 8.69. The average Bonchev–Trinajstić information content (AvgIpc) is 3.12. The fourth-order valence-electron chi connectivity index (χ4n) is 3.01. The Hall–Kier alpha value is -1.36. The maximum Gasteiger partial charge on any atom is 0.490 e. The number of phosphoric ester groups is 1. The second-order valence-electron chi connectivity index (χ2n) is 7.10. The van der Waals surface area contributed by atoms with Crippen molar-refractivity contribution in [3.63, 3.8) is 0 Å². The molecule has 0 saturated carbocycles. The average molecular weight is 536 g/mol. The van der Waals surface area contributed by atoms with Crippen LogP contribution in [-0.2, 0) is 31.6 Å². The van der Waals surface area contributed by atoms with E-state index in [2.05, 4.69) is 28.1 Å². The van der Waals surface area contributed by atoms with Crippen LogP contribution >= 0.6 is 23.5 Å². The minimum absolute atomic E-state index is 0.00429. The molecule has 21 heteroatoms. The number of phosphoric acid groups is 3. The quantitative estimate of drug-likeness (QED) is 0.195. The van der Waals surface area contributed by atoms with Crippen LogP contribution in [0, 0.1) is 6.92 Å². The van der Waals surface area contributed by atoms with Crippen molar-refractivity contribution < 1.29 is 61.4 Å². The monoisotopic (exact) mass is 536 g/mol. The number of H-pyrrole nitrogens is 1. The molecule has 0 amide bonds. The smallest absolute Gasteiger partial charge is 0.387 e. The van der Waals surface area contributed by atoms with Crippen LogP contribution < -0.4 is 5.56 Å². The number of ether oxygens (including phenoxy) is 1. The van der Waals surface area contributed by atoms with Crippen molar-refractivity contribution in [2.24, 2.45) is 0 Å². The molecule has 6 atom stereocenters. The van der Waals surface area contributed by atoms with E-state index in [1.165, 1.54) is 6.92 Å². The lowest BCUT2D eigenvalue weighted by Gasteiger charge is -2.28. The van der Waals surface area contributed by atoms with E-state index in [0.29, 0.717) is 0 Å². The highest BCUT2D eigenvalue weighted by atomic mass is 31.3. The van der Waals surface area contributed by atoms with Crippen LogP contribution in [-0.4, -0.2) is 73.7 Å². The zero-order valence-corrected chi connectivity index (χ0v) is 19.3. The highest BCUT2D eigenvalue weighted by Crippen LogP contribution is 2.66. The predicted molar refractivity (Wildman–Crippen MR) is 103 cm³/mol. The standard InChI is InChI=1S/C12H19N4O14P3/c1-5-14-9-6(10(19)15-5)13-4-16(9)11-7(17)8(18)12(2,28-11)3-27-32(23,24)30-33(25,26)29-31(20,21)22/h4,7-8,11,17-18H,3H2,1-2H3,(H,23,24)(H,25,26)(H,14,15,19)(H2,20,21,22)/t7-,8+,11-,12-/m1/s1. The van der Waals surface area contributed by atoms with Gasteiger partial charge in [0.2, 0.25) is 0 Å². The van der Waals surface area contributed by atoms with Gasteiger partial charge >= 0.3 is 23.5 Å². The molecule has 3 heterocycles. The molecule has 2 aromatic rings. The molecule has 0 aliphatic carbocycles. The zero-order valence-electron chi connectivity index (χ0n) is 16.6. The number of nitrogens with one attached hydrogen (secondary N) is 1. The van der Waals surface area contributed by atoms with Crippen LogP contribution in [0.4, 0.5) is 0 Å². The molecule has 1 aliphatic heterocycles. The molecule has 3 rings (SSSR count). The molecule has 0 bridgehead atoms. The maximum absolute atomic E-state index is 12.0. The van der Waals surface area contributed by atoms with Crippen LogP contribution in [0.5, 0.6) is 0 Å². The second-order valence-corrected chi connectivity index (χ2v) is 11.5. The molecular weight excluding hydrogens is 517 g/mol. The lowest BCUT2D eigenvalue weighted by molar-refractivity contribution is -0.113. The number of hydrogen-bond donors (Lipinski definition) is 7. The van der Waals surface area contributed by atoms with Crippen LogP contribution in [0.2, 0.25) is 0 Å². The third-order valence-corrected chi connectivity index (χ3v) is 8.17. The molecule has 1 fully saturated rings. The number of aryl methyl sites for hydroxylation is 1. The number of rotatable bonds is 8. The fourth-order valence-corrected chi connectivity index (χ4v) is 6.12. The number of aromatic amines is 1. The first-order valence-corrected chi connectivity index (χ1v) is 13.2. The Morgan fingerprint density at radius 3 is 2.42 bits per heavy atom. The Balaban J connectivity index is 1.79. The van der Waals surface area contributed by atoms with E-state index in [1.807, 2.05) is 0 Å². The van der Waals surface area contributed by atoms with Gasteiger partial charge in [0.15, 0.2) is 17.4 Å². The number of aromatic nitrogens is 4. The molecule has 18 nitrogen and oxygen atoms in total. The molecule has 1 saturated heterocycles. The number of fused-ring (bicyclic) bond motifs is 1. The fraction of sp³-hybridized carbons (Fsp3) is 0.583. The number of imidazole rings is 1. The molecule has 0 radical (unpaired) electrons. The molecule has 1 aliphatic rings. The van der Waals surface area contributed by atoms with Gasteiger partial charge in [0.05, 0.1) is 12.9 Å². The summed E-state index contributed by atoms with van der Waals surface area (Å²) in [6.45, 7) is 1.62. The Kier molecular flexibility index (Phi) is 6.92. The molecule has 186 valence electrons. The van der Waals surface area contributed by atoms with Gasteiger partial charge in [-0.2, -0.15) is 8.62 Å². The largest absolute Gasteiger partial charge is 0.490 e. The SMILES string of the molecule is Cc1nc2c(ncn2[C@@H]2O[C@](C)(COP(=O)(O)OP(=O)(O)OP(=O)(O)O)[C@@H](O)[C@H]2O)c(=O)[nH]1. The van der Waals surface area contributed by atoms with E-state index in [1.54, 1.807) is 0 Å². The summed E-state index contributed by atoms with van der Waals surface area (Å²) in [4.78, 5) is 58.3. The first kappa shape index (κ1) is 26.2. The van der Waals surface area contributed by atoms with Crippen molar-refractivity contribution >= 4 is 34.6 Å². The van der Waals surface area contributed by atoms with Crippen molar-refractivity contribution in [1.29, 1.82) is 0 Å². The van der Waals surface area contributed by atoms with Crippen molar-refractivity contribution in [1.82, 2.24) is 19.5 Å². The van der Waals surface area contributed by atoms with Gasteiger partial charge in [-0.25, -0.2) is 23.7 Å². The second kappa shape index (κ2) is 8.70. The van der Waals surface area contributed by atoms with E-state index in [0.717, 1.165) is 17.8 Å². The van der Waals surface area contributed by atoms with Gasteiger partial charge in [-0.3, -0.25) is 13.9 Å². The van der Waals surface area contributed by atoms with Crippen molar-refractivity contribution in [2.45, 2.75) is 37.9 Å². The van der Waals surface area contributed by atoms with Crippen LogP contribution in [0.1, 0.15) is 19.0 Å².